The maximum Gasteiger partial charge on any atom is 0.260 e. The molecule has 3 heterocycles. The minimum absolute atomic E-state index is 0.0459. The fraction of sp³-hybridized carbons (Fsp3) is 0.500. The van der Waals surface area contributed by atoms with Crippen LogP contribution in [0.2, 0.25) is 0 Å². The molecule has 112 valence electrons. The van der Waals surface area contributed by atoms with Crippen LogP contribution in [-0.2, 0) is 9.53 Å². The lowest BCUT2D eigenvalue weighted by Crippen LogP contribution is -2.43. The largest absolute Gasteiger partial charge is 0.467 e. The van der Waals surface area contributed by atoms with E-state index in [1.165, 1.54) is 6.33 Å². The Morgan fingerprint density at radius 2 is 2.10 bits per heavy atom. The third-order valence-electron chi connectivity index (χ3n) is 3.63. The number of amides is 1. The standard InChI is InChI=1S/C14H17N3O4/c1-9-10(2)21-14-12(9)13(15-8-16-14)20-7-11(18)17-3-5-19-6-4-17/h8H,3-7H2,1-2H3. The van der Waals surface area contributed by atoms with Gasteiger partial charge in [0.25, 0.3) is 5.91 Å². The van der Waals surface area contributed by atoms with Crippen LogP contribution in [0.3, 0.4) is 0 Å². The van der Waals surface area contributed by atoms with Crippen LogP contribution >= 0.6 is 0 Å². The van der Waals surface area contributed by atoms with Crippen molar-refractivity contribution in [2.45, 2.75) is 13.8 Å². The molecule has 0 atom stereocenters. The van der Waals surface area contributed by atoms with Gasteiger partial charge in [0.05, 0.1) is 13.2 Å². The van der Waals surface area contributed by atoms with E-state index >= 15 is 0 Å². The number of fused-ring (bicyclic) bond motifs is 1. The molecule has 0 radical (unpaired) electrons. The number of rotatable bonds is 3. The second-order valence-electron chi connectivity index (χ2n) is 4.92. The molecule has 0 aliphatic carbocycles. The van der Waals surface area contributed by atoms with Gasteiger partial charge in [0.15, 0.2) is 6.61 Å². The lowest BCUT2D eigenvalue weighted by atomic mass is 10.2. The van der Waals surface area contributed by atoms with E-state index in [0.717, 1.165) is 16.7 Å². The zero-order valence-corrected chi connectivity index (χ0v) is 12.1. The molecule has 0 saturated carbocycles. The molecule has 0 N–H and O–H groups in total. The van der Waals surface area contributed by atoms with Crippen LogP contribution in [-0.4, -0.2) is 53.7 Å². The highest BCUT2D eigenvalue weighted by Gasteiger charge is 2.19. The van der Waals surface area contributed by atoms with Gasteiger partial charge in [-0.05, 0) is 13.8 Å². The maximum atomic E-state index is 12.1. The van der Waals surface area contributed by atoms with Crippen molar-refractivity contribution in [2.24, 2.45) is 0 Å². The van der Waals surface area contributed by atoms with E-state index in [0.29, 0.717) is 37.9 Å². The van der Waals surface area contributed by atoms with E-state index in [4.69, 9.17) is 13.9 Å². The summed E-state index contributed by atoms with van der Waals surface area (Å²) in [5.41, 5.74) is 1.41. The van der Waals surface area contributed by atoms with Gasteiger partial charge >= 0.3 is 0 Å². The second-order valence-corrected chi connectivity index (χ2v) is 4.92. The SMILES string of the molecule is Cc1oc2ncnc(OCC(=O)N3CCOCC3)c2c1C. The lowest BCUT2D eigenvalue weighted by molar-refractivity contribution is -0.137. The van der Waals surface area contributed by atoms with Crippen LogP contribution in [0, 0.1) is 13.8 Å². The molecule has 7 heteroatoms. The first-order valence-corrected chi connectivity index (χ1v) is 6.86. The van der Waals surface area contributed by atoms with Crippen LogP contribution in [0.1, 0.15) is 11.3 Å². The molecule has 1 fully saturated rings. The monoisotopic (exact) mass is 291 g/mol. The second kappa shape index (κ2) is 5.69. The molecule has 2 aromatic rings. The molecule has 0 unspecified atom stereocenters. The first kappa shape index (κ1) is 13.8. The van der Waals surface area contributed by atoms with E-state index in [9.17, 15) is 4.79 Å². The number of aromatic nitrogens is 2. The Balaban J connectivity index is 1.74. The summed E-state index contributed by atoms with van der Waals surface area (Å²) in [6, 6.07) is 0. The summed E-state index contributed by atoms with van der Waals surface area (Å²) in [4.78, 5) is 22.0. The molecular formula is C14H17N3O4. The highest BCUT2D eigenvalue weighted by Crippen LogP contribution is 2.29. The van der Waals surface area contributed by atoms with Crippen molar-refractivity contribution in [3.63, 3.8) is 0 Å². The molecule has 7 nitrogen and oxygen atoms in total. The van der Waals surface area contributed by atoms with Crippen molar-refractivity contribution in [1.29, 1.82) is 0 Å². The van der Waals surface area contributed by atoms with Crippen molar-refractivity contribution in [1.82, 2.24) is 14.9 Å². The van der Waals surface area contributed by atoms with Gasteiger partial charge in [0.2, 0.25) is 11.6 Å². The summed E-state index contributed by atoms with van der Waals surface area (Å²) in [7, 11) is 0. The molecule has 0 aromatic carbocycles. The number of nitrogens with zero attached hydrogens (tertiary/aromatic N) is 3. The summed E-state index contributed by atoms with van der Waals surface area (Å²) < 4.78 is 16.3. The van der Waals surface area contributed by atoms with E-state index in [-0.39, 0.29) is 12.5 Å². The van der Waals surface area contributed by atoms with Crippen LogP contribution in [0.5, 0.6) is 5.88 Å². The summed E-state index contributed by atoms with van der Waals surface area (Å²) in [5, 5.41) is 0.727. The van der Waals surface area contributed by atoms with E-state index in [1.54, 1.807) is 4.90 Å². The van der Waals surface area contributed by atoms with Crippen LogP contribution in [0.25, 0.3) is 11.1 Å². The third-order valence-corrected chi connectivity index (χ3v) is 3.63. The molecule has 1 aliphatic rings. The Kier molecular flexibility index (Phi) is 3.74. The number of morpholine rings is 1. The molecule has 3 rings (SSSR count). The number of aryl methyl sites for hydroxylation is 2. The normalized spacial score (nSPS) is 15.4. The zero-order chi connectivity index (χ0) is 14.8. The predicted octanol–water partition coefficient (Wildman–Crippen LogP) is 1.08. The van der Waals surface area contributed by atoms with E-state index < -0.39 is 0 Å². The fourth-order valence-corrected chi connectivity index (χ4v) is 2.29. The minimum Gasteiger partial charge on any atom is -0.467 e. The quantitative estimate of drug-likeness (QED) is 0.842. The number of ether oxygens (including phenoxy) is 2. The molecule has 1 saturated heterocycles. The van der Waals surface area contributed by atoms with Crippen LogP contribution < -0.4 is 4.74 Å². The molecule has 21 heavy (non-hydrogen) atoms. The van der Waals surface area contributed by atoms with Crippen molar-refractivity contribution in [2.75, 3.05) is 32.9 Å². The first-order valence-electron chi connectivity index (χ1n) is 6.86. The maximum absolute atomic E-state index is 12.1. The van der Waals surface area contributed by atoms with Crippen molar-refractivity contribution >= 4 is 17.0 Å². The van der Waals surface area contributed by atoms with Gasteiger partial charge in [-0.1, -0.05) is 0 Å². The Morgan fingerprint density at radius 1 is 1.33 bits per heavy atom. The number of furan rings is 1. The van der Waals surface area contributed by atoms with Gasteiger partial charge in [-0.15, -0.1) is 0 Å². The molecule has 0 spiro atoms. The van der Waals surface area contributed by atoms with Gasteiger partial charge in [-0.25, -0.2) is 9.97 Å². The number of carbonyl (C=O) groups is 1. The highest BCUT2D eigenvalue weighted by molar-refractivity contribution is 5.84. The molecule has 0 bridgehead atoms. The minimum atomic E-state index is -0.0667. The lowest BCUT2D eigenvalue weighted by Gasteiger charge is -2.26. The summed E-state index contributed by atoms with van der Waals surface area (Å²) in [6.45, 7) is 6.08. The van der Waals surface area contributed by atoms with Gasteiger partial charge in [0, 0.05) is 18.7 Å². The van der Waals surface area contributed by atoms with Gasteiger partial charge in [-0.2, -0.15) is 0 Å². The van der Waals surface area contributed by atoms with Crippen molar-refractivity contribution in [3.8, 4) is 5.88 Å². The van der Waals surface area contributed by atoms with Crippen LogP contribution in [0.4, 0.5) is 0 Å². The number of carbonyl (C=O) groups excluding carboxylic acids is 1. The van der Waals surface area contributed by atoms with Crippen LogP contribution in [0.15, 0.2) is 10.7 Å². The Labute approximate surface area is 121 Å². The zero-order valence-electron chi connectivity index (χ0n) is 12.1. The number of hydrogen-bond acceptors (Lipinski definition) is 6. The van der Waals surface area contributed by atoms with Gasteiger partial charge in [0.1, 0.15) is 17.5 Å². The van der Waals surface area contributed by atoms with Gasteiger partial charge in [-0.3, -0.25) is 4.79 Å². The first-order chi connectivity index (χ1) is 10.2. The average Bonchev–Trinajstić information content (AvgIpc) is 2.81. The third kappa shape index (κ3) is 2.69. The molecule has 1 aliphatic heterocycles. The Bertz CT molecular complexity index is 662. The Hall–Kier alpha value is -2.15. The summed E-state index contributed by atoms with van der Waals surface area (Å²) in [6.07, 6.45) is 1.37. The Morgan fingerprint density at radius 3 is 2.86 bits per heavy atom. The highest BCUT2D eigenvalue weighted by atomic mass is 16.5. The molecule has 2 aromatic heterocycles. The fourth-order valence-electron chi connectivity index (χ4n) is 2.29. The topological polar surface area (TPSA) is 77.7 Å². The number of hydrogen-bond donors (Lipinski definition) is 0. The van der Waals surface area contributed by atoms with Gasteiger partial charge < -0.3 is 18.8 Å². The van der Waals surface area contributed by atoms with Crippen molar-refractivity contribution in [3.05, 3.63) is 17.7 Å². The summed E-state index contributed by atoms with van der Waals surface area (Å²) >= 11 is 0. The van der Waals surface area contributed by atoms with Crippen molar-refractivity contribution < 1.29 is 18.7 Å². The summed E-state index contributed by atoms with van der Waals surface area (Å²) in [5.74, 6) is 1.09. The molecular weight excluding hydrogens is 274 g/mol. The smallest absolute Gasteiger partial charge is 0.260 e. The molecule has 1 amide bonds. The average molecular weight is 291 g/mol. The predicted molar refractivity (Wildman–Crippen MR) is 74.2 cm³/mol. The van der Waals surface area contributed by atoms with E-state index in [1.807, 2.05) is 13.8 Å². The van der Waals surface area contributed by atoms with E-state index in [2.05, 4.69) is 9.97 Å².